The van der Waals surface area contributed by atoms with Gasteiger partial charge >= 0.3 is 0 Å². The molecule has 0 radical (unpaired) electrons. The number of sulfonamides is 1. The second-order valence-electron chi connectivity index (χ2n) is 5.15. The highest BCUT2D eigenvalue weighted by Gasteiger charge is 2.15. The van der Waals surface area contributed by atoms with E-state index in [1.807, 2.05) is 0 Å². The molecule has 0 saturated heterocycles. The standard InChI is InChI=1S/C10H23NO2S/c1-9(2)14(12,13)11-8-6-7-10(3,4)5/h9,11H,6-8H2,1-5H3. The average Bonchev–Trinajstić information content (AvgIpc) is 1.96. The van der Waals surface area contributed by atoms with Crippen molar-refractivity contribution in [3.8, 4) is 0 Å². The first kappa shape index (κ1) is 13.9. The summed E-state index contributed by atoms with van der Waals surface area (Å²) in [6.45, 7) is 10.4. The van der Waals surface area contributed by atoms with Crippen LogP contribution in [-0.4, -0.2) is 20.2 Å². The van der Waals surface area contributed by atoms with Crippen LogP contribution in [0.15, 0.2) is 0 Å². The molecular formula is C10H23NO2S. The fourth-order valence-corrected chi connectivity index (χ4v) is 1.76. The van der Waals surface area contributed by atoms with Crippen LogP contribution in [0.1, 0.15) is 47.5 Å². The molecule has 0 bridgehead atoms. The maximum absolute atomic E-state index is 11.3. The van der Waals surface area contributed by atoms with Gasteiger partial charge in [-0.25, -0.2) is 13.1 Å². The molecule has 3 nitrogen and oxygen atoms in total. The molecule has 1 N–H and O–H groups in total. The van der Waals surface area contributed by atoms with E-state index in [1.165, 1.54) is 0 Å². The molecule has 0 spiro atoms. The number of hydrogen-bond acceptors (Lipinski definition) is 2. The molecule has 0 aliphatic heterocycles. The van der Waals surface area contributed by atoms with Crippen LogP contribution in [0, 0.1) is 5.41 Å². The van der Waals surface area contributed by atoms with Crippen molar-refractivity contribution < 1.29 is 8.42 Å². The van der Waals surface area contributed by atoms with Crippen molar-refractivity contribution in [1.29, 1.82) is 0 Å². The van der Waals surface area contributed by atoms with Crippen LogP contribution in [-0.2, 0) is 10.0 Å². The van der Waals surface area contributed by atoms with Gasteiger partial charge in [-0.15, -0.1) is 0 Å². The van der Waals surface area contributed by atoms with Gasteiger partial charge in [-0.2, -0.15) is 0 Å². The molecule has 0 unspecified atom stereocenters. The third kappa shape index (κ3) is 6.38. The highest BCUT2D eigenvalue weighted by molar-refractivity contribution is 7.90. The molecule has 0 rings (SSSR count). The summed E-state index contributed by atoms with van der Waals surface area (Å²) in [5.74, 6) is 0. The van der Waals surface area contributed by atoms with Gasteiger partial charge in [0.2, 0.25) is 10.0 Å². The molecule has 0 aromatic carbocycles. The Morgan fingerprint density at radius 1 is 1.21 bits per heavy atom. The molecule has 0 amide bonds. The first-order valence-corrected chi connectivity index (χ1v) is 6.68. The van der Waals surface area contributed by atoms with Gasteiger partial charge in [-0.3, -0.25) is 0 Å². The Morgan fingerprint density at radius 3 is 2.07 bits per heavy atom. The van der Waals surface area contributed by atoms with E-state index < -0.39 is 10.0 Å². The quantitative estimate of drug-likeness (QED) is 0.723. The van der Waals surface area contributed by atoms with Gasteiger partial charge in [0.05, 0.1) is 5.25 Å². The van der Waals surface area contributed by atoms with Crippen molar-refractivity contribution in [2.75, 3.05) is 6.54 Å². The SMILES string of the molecule is CC(C)S(=O)(=O)NCCCC(C)(C)C. The molecule has 86 valence electrons. The van der Waals surface area contributed by atoms with Gasteiger partial charge in [0, 0.05) is 6.54 Å². The lowest BCUT2D eigenvalue weighted by atomic mass is 9.91. The minimum absolute atomic E-state index is 0.281. The van der Waals surface area contributed by atoms with Crippen molar-refractivity contribution in [2.45, 2.75) is 52.7 Å². The molecular weight excluding hydrogens is 198 g/mol. The zero-order valence-electron chi connectivity index (χ0n) is 9.92. The summed E-state index contributed by atoms with van der Waals surface area (Å²) < 4.78 is 25.3. The summed E-state index contributed by atoms with van der Waals surface area (Å²) in [5, 5.41) is -0.336. The largest absolute Gasteiger partial charge is 0.215 e. The van der Waals surface area contributed by atoms with Crippen molar-refractivity contribution in [2.24, 2.45) is 5.41 Å². The van der Waals surface area contributed by atoms with Crippen LogP contribution < -0.4 is 4.72 Å². The third-order valence-corrected chi connectivity index (χ3v) is 3.88. The molecule has 4 heteroatoms. The zero-order valence-corrected chi connectivity index (χ0v) is 10.7. The lowest BCUT2D eigenvalue weighted by Crippen LogP contribution is -2.31. The highest BCUT2D eigenvalue weighted by atomic mass is 32.2. The summed E-state index contributed by atoms with van der Waals surface area (Å²) >= 11 is 0. The Morgan fingerprint density at radius 2 is 1.71 bits per heavy atom. The zero-order chi connectivity index (χ0) is 11.4. The lowest BCUT2D eigenvalue weighted by molar-refractivity contribution is 0.365. The minimum Gasteiger partial charge on any atom is -0.215 e. The molecule has 0 aliphatic rings. The maximum Gasteiger partial charge on any atom is 0.213 e. The predicted octanol–water partition coefficient (Wildman–Crippen LogP) is 2.14. The molecule has 0 aliphatic carbocycles. The van der Waals surface area contributed by atoms with E-state index in [0.29, 0.717) is 6.54 Å². The average molecular weight is 221 g/mol. The van der Waals surface area contributed by atoms with Crippen LogP contribution in [0.25, 0.3) is 0 Å². The monoisotopic (exact) mass is 221 g/mol. The molecule has 14 heavy (non-hydrogen) atoms. The molecule has 0 saturated carbocycles. The number of rotatable bonds is 5. The van der Waals surface area contributed by atoms with E-state index in [0.717, 1.165) is 12.8 Å². The molecule has 0 atom stereocenters. The normalized spacial score (nSPS) is 13.6. The predicted molar refractivity (Wildman–Crippen MR) is 60.7 cm³/mol. The van der Waals surface area contributed by atoms with Crippen molar-refractivity contribution in [1.82, 2.24) is 4.72 Å². The fraction of sp³-hybridized carbons (Fsp3) is 1.00. The van der Waals surface area contributed by atoms with E-state index in [1.54, 1.807) is 13.8 Å². The lowest BCUT2D eigenvalue weighted by Gasteiger charge is -2.18. The Balaban J connectivity index is 3.77. The van der Waals surface area contributed by atoms with Gasteiger partial charge in [-0.05, 0) is 32.1 Å². The summed E-state index contributed by atoms with van der Waals surface area (Å²) in [7, 11) is -3.07. The first-order valence-electron chi connectivity index (χ1n) is 5.13. The summed E-state index contributed by atoms with van der Waals surface area (Å²) in [6, 6.07) is 0. The van der Waals surface area contributed by atoms with Gasteiger partial charge < -0.3 is 0 Å². The summed E-state index contributed by atoms with van der Waals surface area (Å²) in [4.78, 5) is 0. The molecule has 0 aromatic heterocycles. The minimum atomic E-state index is -3.07. The fourth-order valence-electron chi connectivity index (χ4n) is 1.000. The first-order chi connectivity index (χ1) is 6.15. The Labute approximate surface area is 88.3 Å². The number of nitrogens with one attached hydrogen (secondary N) is 1. The van der Waals surface area contributed by atoms with E-state index in [4.69, 9.17) is 0 Å². The van der Waals surface area contributed by atoms with Crippen molar-refractivity contribution >= 4 is 10.0 Å². The van der Waals surface area contributed by atoms with Gasteiger partial charge in [0.15, 0.2) is 0 Å². The molecule has 0 fully saturated rings. The molecule has 0 heterocycles. The Hall–Kier alpha value is -0.0900. The van der Waals surface area contributed by atoms with E-state index in [-0.39, 0.29) is 10.7 Å². The van der Waals surface area contributed by atoms with Crippen molar-refractivity contribution in [3.05, 3.63) is 0 Å². The van der Waals surface area contributed by atoms with Gasteiger partial charge in [-0.1, -0.05) is 20.8 Å². The highest BCUT2D eigenvalue weighted by Crippen LogP contribution is 2.19. The smallest absolute Gasteiger partial charge is 0.213 e. The topological polar surface area (TPSA) is 46.2 Å². The Bertz CT molecular complexity index is 250. The third-order valence-electron chi connectivity index (χ3n) is 2.03. The summed E-state index contributed by atoms with van der Waals surface area (Å²) in [5.41, 5.74) is 0.281. The van der Waals surface area contributed by atoms with E-state index >= 15 is 0 Å². The van der Waals surface area contributed by atoms with E-state index in [9.17, 15) is 8.42 Å². The van der Waals surface area contributed by atoms with Crippen LogP contribution >= 0.6 is 0 Å². The maximum atomic E-state index is 11.3. The van der Waals surface area contributed by atoms with Crippen LogP contribution in [0.3, 0.4) is 0 Å². The van der Waals surface area contributed by atoms with Crippen molar-refractivity contribution in [3.63, 3.8) is 0 Å². The Kier molecular flexibility index (Phi) is 5.09. The van der Waals surface area contributed by atoms with Crippen LogP contribution in [0.5, 0.6) is 0 Å². The van der Waals surface area contributed by atoms with Crippen LogP contribution in [0.2, 0.25) is 0 Å². The summed E-state index contributed by atoms with van der Waals surface area (Å²) in [6.07, 6.45) is 1.93. The second-order valence-corrected chi connectivity index (χ2v) is 7.47. The molecule has 0 aromatic rings. The number of hydrogen-bond donors (Lipinski definition) is 1. The van der Waals surface area contributed by atoms with Gasteiger partial charge in [0.25, 0.3) is 0 Å². The second kappa shape index (κ2) is 5.12. The van der Waals surface area contributed by atoms with Gasteiger partial charge in [0.1, 0.15) is 0 Å². The van der Waals surface area contributed by atoms with Crippen LogP contribution in [0.4, 0.5) is 0 Å². The van der Waals surface area contributed by atoms with E-state index in [2.05, 4.69) is 25.5 Å².